The molecular formula is C28H34FN3O. The molecule has 5 heteroatoms. The Balaban J connectivity index is 1.23. The van der Waals surface area contributed by atoms with Gasteiger partial charge in [0, 0.05) is 48.8 Å². The molecule has 1 aromatic heterocycles. The summed E-state index contributed by atoms with van der Waals surface area (Å²) in [4.78, 5) is 21.0. The van der Waals surface area contributed by atoms with E-state index in [4.69, 9.17) is 0 Å². The van der Waals surface area contributed by atoms with Crippen molar-refractivity contribution in [2.24, 2.45) is 5.92 Å². The molecule has 33 heavy (non-hydrogen) atoms. The highest BCUT2D eigenvalue weighted by Gasteiger charge is 2.27. The molecule has 1 aliphatic heterocycles. The highest BCUT2D eigenvalue weighted by molar-refractivity contribution is 5.93. The Morgan fingerprint density at radius 2 is 1.88 bits per heavy atom. The molecule has 0 radical (unpaired) electrons. The first-order valence-corrected chi connectivity index (χ1v) is 12.5. The van der Waals surface area contributed by atoms with Gasteiger partial charge in [0.05, 0.1) is 0 Å². The third-order valence-corrected chi connectivity index (χ3v) is 7.58. The molecular weight excluding hydrogens is 413 g/mol. The normalized spacial score (nSPS) is 19.8. The maximum atomic E-state index is 13.6. The Morgan fingerprint density at radius 1 is 1.06 bits per heavy atom. The first kappa shape index (κ1) is 22.1. The summed E-state index contributed by atoms with van der Waals surface area (Å²) in [6.07, 6.45) is 10.0. The van der Waals surface area contributed by atoms with E-state index in [0.717, 1.165) is 49.2 Å². The van der Waals surface area contributed by atoms with Gasteiger partial charge in [0.2, 0.25) is 5.91 Å². The second-order valence-corrected chi connectivity index (χ2v) is 9.81. The molecule has 5 rings (SSSR count). The van der Waals surface area contributed by atoms with E-state index in [2.05, 4.69) is 22.0 Å². The molecule has 174 valence electrons. The van der Waals surface area contributed by atoms with Gasteiger partial charge in [0.1, 0.15) is 5.82 Å². The minimum Gasteiger partial charge on any atom is -0.361 e. The number of anilines is 1. The number of carbonyl (C=O) groups is 1. The fraction of sp³-hybridized carbons (Fsp3) is 0.464. The van der Waals surface area contributed by atoms with Crippen LogP contribution >= 0.6 is 0 Å². The molecule has 3 aromatic rings. The van der Waals surface area contributed by atoms with Crippen LogP contribution in [0.15, 0.2) is 54.7 Å². The van der Waals surface area contributed by atoms with Crippen molar-refractivity contribution >= 4 is 22.5 Å². The van der Waals surface area contributed by atoms with Gasteiger partial charge in [0.15, 0.2) is 0 Å². The third-order valence-electron chi connectivity index (χ3n) is 7.58. The van der Waals surface area contributed by atoms with Gasteiger partial charge in [-0.15, -0.1) is 0 Å². The zero-order chi connectivity index (χ0) is 22.6. The van der Waals surface area contributed by atoms with E-state index in [1.807, 2.05) is 35.4 Å². The predicted molar refractivity (Wildman–Crippen MR) is 132 cm³/mol. The number of H-pyrrole nitrogens is 1. The zero-order valence-corrected chi connectivity index (χ0v) is 19.3. The van der Waals surface area contributed by atoms with Crippen molar-refractivity contribution in [2.45, 2.75) is 50.9 Å². The van der Waals surface area contributed by atoms with Crippen LogP contribution in [0, 0.1) is 11.7 Å². The standard InChI is InChI=1S/C28H34FN3O/c29-23-11-12-25-26(19-30-27(25)18-23)22-13-14-31(20-22)15-16-32(24-9-5-2-6-10-24)28(33)17-21-7-3-1-4-8-21/h2,5-6,9-12,18-19,21-22,30H,1,3-4,7-8,13-17,20H2. The summed E-state index contributed by atoms with van der Waals surface area (Å²) in [7, 11) is 0. The van der Waals surface area contributed by atoms with Gasteiger partial charge in [-0.05, 0) is 73.5 Å². The molecule has 1 saturated heterocycles. The maximum absolute atomic E-state index is 13.6. The first-order chi connectivity index (χ1) is 16.2. The van der Waals surface area contributed by atoms with Crippen LogP contribution in [0.2, 0.25) is 0 Å². The average molecular weight is 448 g/mol. The quantitative estimate of drug-likeness (QED) is 0.475. The van der Waals surface area contributed by atoms with Gasteiger partial charge < -0.3 is 14.8 Å². The number of aromatic amines is 1. The number of hydrogen-bond donors (Lipinski definition) is 1. The van der Waals surface area contributed by atoms with Gasteiger partial charge in [-0.2, -0.15) is 0 Å². The molecule has 1 aliphatic carbocycles. The summed E-state index contributed by atoms with van der Waals surface area (Å²) in [6.45, 7) is 3.60. The number of rotatable bonds is 7. The SMILES string of the molecule is O=C(CC1CCCCC1)N(CCN1CCC(c2c[nH]c3cc(F)ccc23)C1)c1ccccc1. The number of carbonyl (C=O) groups excluding carboxylic acids is 1. The van der Waals surface area contributed by atoms with E-state index in [0.29, 0.717) is 18.3 Å². The highest BCUT2D eigenvalue weighted by Crippen LogP contribution is 2.33. The van der Waals surface area contributed by atoms with Crippen molar-refractivity contribution in [3.8, 4) is 0 Å². The number of nitrogens with zero attached hydrogens (tertiary/aromatic N) is 2. The number of benzene rings is 2. The van der Waals surface area contributed by atoms with E-state index in [1.54, 1.807) is 12.1 Å². The molecule has 1 N–H and O–H groups in total. The number of hydrogen-bond acceptors (Lipinski definition) is 2. The lowest BCUT2D eigenvalue weighted by Crippen LogP contribution is -2.39. The zero-order valence-electron chi connectivity index (χ0n) is 19.3. The summed E-state index contributed by atoms with van der Waals surface area (Å²) < 4.78 is 13.6. The number of para-hydroxylation sites is 1. The van der Waals surface area contributed by atoms with Gasteiger partial charge in [0.25, 0.3) is 0 Å². The van der Waals surface area contributed by atoms with Crippen LogP contribution in [0.4, 0.5) is 10.1 Å². The lowest BCUT2D eigenvalue weighted by molar-refractivity contribution is -0.119. The van der Waals surface area contributed by atoms with Crippen molar-refractivity contribution in [2.75, 3.05) is 31.1 Å². The Bertz CT molecular complexity index is 1070. The van der Waals surface area contributed by atoms with E-state index < -0.39 is 0 Å². The Labute approximate surface area is 195 Å². The molecule has 1 saturated carbocycles. The number of likely N-dealkylation sites (tertiary alicyclic amines) is 1. The lowest BCUT2D eigenvalue weighted by atomic mass is 9.86. The summed E-state index contributed by atoms with van der Waals surface area (Å²) in [5, 5.41) is 1.12. The van der Waals surface area contributed by atoms with Crippen LogP contribution in [0.25, 0.3) is 10.9 Å². The van der Waals surface area contributed by atoms with Gasteiger partial charge in [-0.3, -0.25) is 4.79 Å². The summed E-state index contributed by atoms with van der Waals surface area (Å²) in [6, 6.07) is 15.1. The predicted octanol–water partition coefficient (Wildman–Crippen LogP) is 6.10. The first-order valence-electron chi connectivity index (χ1n) is 12.5. The molecule has 2 aromatic carbocycles. The molecule has 0 spiro atoms. The second-order valence-electron chi connectivity index (χ2n) is 9.81. The molecule has 0 bridgehead atoms. The molecule has 2 aliphatic rings. The average Bonchev–Trinajstić information content (AvgIpc) is 3.47. The number of amides is 1. The fourth-order valence-corrected chi connectivity index (χ4v) is 5.74. The topological polar surface area (TPSA) is 39.3 Å². The van der Waals surface area contributed by atoms with Crippen molar-refractivity contribution in [3.05, 3.63) is 66.1 Å². The van der Waals surface area contributed by atoms with E-state index in [1.165, 1.54) is 37.7 Å². The van der Waals surface area contributed by atoms with Crippen molar-refractivity contribution < 1.29 is 9.18 Å². The highest BCUT2D eigenvalue weighted by atomic mass is 19.1. The molecule has 1 unspecified atom stereocenters. The van der Waals surface area contributed by atoms with Crippen LogP contribution in [-0.4, -0.2) is 42.0 Å². The third kappa shape index (κ3) is 5.14. The van der Waals surface area contributed by atoms with Crippen molar-refractivity contribution in [1.82, 2.24) is 9.88 Å². The number of aromatic nitrogens is 1. The van der Waals surface area contributed by atoms with Crippen LogP contribution < -0.4 is 4.90 Å². The molecule has 2 heterocycles. The van der Waals surface area contributed by atoms with Crippen LogP contribution in [0.1, 0.15) is 56.4 Å². The van der Waals surface area contributed by atoms with Gasteiger partial charge >= 0.3 is 0 Å². The van der Waals surface area contributed by atoms with E-state index >= 15 is 0 Å². The fourth-order valence-electron chi connectivity index (χ4n) is 5.74. The monoisotopic (exact) mass is 447 g/mol. The maximum Gasteiger partial charge on any atom is 0.227 e. The Hall–Kier alpha value is -2.66. The summed E-state index contributed by atoms with van der Waals surface area (Å²) >= 11 is 0. The Kier molecular flexibility index (Phi) is 6.77. The molecule has 2 fully saturated rings. The molecule has 4 nitrogen and oxygen atoms in total. The van der Waals surface area contributed by atoms with E-state index in [9.17, 15) is 9.18 Å². The summed E-state index contributed by atoms with van der Waals surface area (Å²) in [5.74, 6) is 1.04. The van der Waals surface area contributed by atoms with Gasteiger partial charge in [-0.1, -0.05) is 37.5 Å². The molecule has 1 amide bonds. The summed E-state index contributed by atoms with van der Waals surface area (Å²) in [5.41, 5.74) is 3.15. The van der Waals surface area contributed by atoms with Crippen LogP contribution in [-0.2, 0) is 4.79 Å². The van der Waals surface area contributed by atoms with Crippen LogP contribution in [0.3, 0.4) is 0 Å². The minimum absolute atomic E-state index is 0.206. The number of halogens is 1. The Morgan fingerprint density at radius 3 is 2.70 bits per heavy atom. The van der Waals surface area contributed by atoms with Crippen molar-refractivity contribution in [3.63, 3.8) is 0 Å². The minimum atomic E-state index is -0.206. The second kappa shape index (κ2) is 10.1. The largest absolute Gasteiger partial charge is 0.361 e. The molecule has 1 atom stereocenters. The van der Waals surface area contributed by atoms with Crippen molar-refractivity contribution in [1.29, 1.82) is 0 Å². The number of fused-ring (bicyclic) bond motifs is 1. The van der Waals surface area contributed by atoms with Gasteiger partial charge in [-0.25, -0.2) is 4.39 Å². The smallest absolute Gasteiger partial charge is 0.227 e. The lowest BCUT2D eigenvalue weighted by Gasteiger charge is -2.28. The number of nitrogens with one attached hydrogen (secondary N) is 1. The van der Waals surface area contributed by atoms with E-state index in [-0.39, 0.29) is 11.7 Å². The van der Waals surface area contributed by atoms with Crippen LogP contribution in [0.5, 0.6) is 0 Å².